The van der Waals surface area contributed by atoms with E-state index in [1.165, 1.54) is 29.7 Å². The molecule has 4 nitrogen and oxygen atoms in total. The van der Waals surface area contributed by atoms with Gasteiger partial charge in [-0.25, -0.2) is 13.1 Å². The third-order valence-corrected chi connectivity index (χ3v) is 7.11. The largest absolute Gasteiger partial charge is 0.380 e. The van der Waals surface area contributed by atoms with Crippen molar-refractivity contribution in [2.24, 2.45) is 0 Å². The SMILES string of the molecule is O=S(=O)(NCc1cc2c(s1)CCCCC2)[C@@H]1CCOC1. The summed E-state index contributed by atoms with van der Waals surface area (Å²) in [4.78, 5) is 2.60. The van der Waals surface area contributed by atoms with E-state index in [4.69, 9.17) is 4.74 Å². The van der Waals surface area contributed by atoms with Gasteiger partial charge in [0, 0.05) is 22.9 Å². The smallest absolute Gasteiger partial charge is 0.217 e. The van der Waals surface area contributed by atoms with Gasteiger partial charge in [-0.05, 0) is 43.7 Å². The molecular weight excluding hydrogens is 294 g/mol. The molecule has 2 heterocycles. The Hall–Kier alpha value is -0.430. The van der Waals surface area contributed by atoms with Crippen LogP contribution < -0.4 is 4.72 Å². The third kappa shape index (κ3) is 3.24. The zero-order chi connectivity index (χ0) is 14.0. The Morgan fingerprint density at radius 3 is 2.95 bits per heavy atom. The number of rotatable bonds is 4. The number of aryl methyl sites for hydroxylation is 2. The first-order valence-corrected chi connectivity index (χ1v) is 9.68. The summed E-state index contributed by atoms with van der Waals surface area (Å²) in [6.07, 6.45) is 6.74. The first-order valence-electron chi connectivity index (χ1n) is 7.32. The highest BCUT2D eigenvalue weighted by Gasteiger charge is 2.29. The lowest BCUT2D eigenvalue weighted by molar-refractivity contribution is 0.198. The summed E-state index contributed by atoms with van der Waals surface area (Å²) in [6, 6.07) is 2.19. The van der Waals surface area contributed by atoms with E-state index >= 15 is 0 Å². The number of hydrogen-bond acceptors (Lipinski definition) is 4. The van der Waals surface area contributed by atoms with E-state index < -0.39 is 10.0 Å². The van der Waals surface area contributed by atoms with Crippen molar-refractivity contribution in [3.63, 3.8) is 0 Å². The van der Waals surface area contributed by atoms with Crippen LogP contribution in [0.15, 0.2) is 6.07 Å². The molecule has 1 atom stereocenters. The molecule has 0 aromatic carbocycles. The van der Waals surface area contributed by atoms with Crippen molar-refractivity contribution in [3.8, 4) is 0 Å². The van der Waals surface area contributed by atoms with E-state index in [1.54, 1.807) is 11.3 Å². The van der Waals surface area contributed by atoms with Gasteiger partial charge in [-0.3, -0.25) is 0 Å². The van der Waals surface area contributed by atoms with E-state index in [9.17, 15) is 8.42 Å². The minimum absolute atomic E-state index is 0.330. The third-order valence-electron chi connectivity index (χ3n) is 4.07. The first-order chi connectivity index (χ1) is 9.65. The van der Waals surface area contributed by atoms with E-state index in [0.717, 1.165) is 17.7 Å². The predicted molar refractivity (Wildman–Crippen MR) is 80.6 cm³/mol. The van der Waals surface area contributed by atoms with Gasteiger partial charge >= 0.3 is 0 Å². The molecule has 1 fully saturated rings. The normalized spacial score (nSPS) is 23.5. The highest BCUT2D eigenvalue weighted by molar-refractivity contribution is 7.90. The maximum Gasteiger partial charge on any atom is 0.217 e. The molecule has 20 heavy (non-hydrogen) atoms. The lowest BCUT2D eigenvalue weighted by atomic mass is 10.1. The molecule has 112 valence electrons. The van der Waals surface area contributed by atoms with Crippen LogP contribution in [-0.2, 0) is 34.1 Å². The van der Waals surface area contributed by atoms with Gasteiger partial charge < -0.3 is 4.74 Å². The Kier molecular flexibility index (Phi) is 4.45. The van der Waals surface area contributed by atoms with Gasteiger partial charge in [0.05, 0.1) is 6.61 Å². The molecule has 3 rings (SSSR count). The second-order valence-electron chi connectivity index (χ2n) is 5.57. The number of sulfonamides is 1. The van der Waals surface area contributed by atoms with Crippen LogP contribution in [0.2, 0.25) is 0 Å². The number of thiophene rings is 1. The molecule has 1 aromatic heterocycles. The summed E-state index contributed by atoms with van der Waals surface area (Å²) >= 11 is 1.77. The van der Waals surface area contributed by atoms with Crippen LogP contribution in [-0.4, -0.2) is 26.9 Å². The molecule has 0 bridgehead atoms. The molecule has 0 unspecified atom stereocenters. The summed E-state index contributed by atoms with van der Waals surface area (Å²) in [5.74, 6) is 0. The van der Waals surface area contributed by atoms with Gasteiger partial charge in [0.2, 0.25) is 10.0 Å². The second-order valence-corrected chi connectivity index (χ2v) is 8.84. The van der Waals surface area contributed by atoms with Gasteiger partial charge in [0.25, 0.3) is 0 Å². The maximum atomic E-state index is 12.1. The summed E-state index contributed by atoms with van der Waals surface area (Å²) in [6.45, 7) is 1.31. The Morgan fingerprint density at radius 1 is 1.30 bits per heavy atom. The van der Waals surface area contributed by atoms with E-state index in [1.807, 2.05) is 0 Å². The van der Waals surface area contributed by atoms with Crippen LogP contribution in [0.25, 0.3) is 0 Å². The number of nitrogens with one attached hydrogen (secondary N) is 1. The van der Waals surface area contributed by atoms with Crippen molar-refractivity contribution in [1.82, 2.24) is 4.72 Å². The molecule has 1 aliphatic carbocycles. The van der Waals surface area contributed by atoms with Gasteiger partial charge in [0.15, 0.2) is 0 Å². The van der Waals surface area contributed by atoms with Gasteiger partial charge in [-0.2, -0.15) is 0 Å². The Bertz CT molecular complexity index is 535. The molecule has 1 aliphatic heterocycles. The van der Waals surface area contributed by atoms with Crippen LogP contribution in [0.5, 0.6) is 0 Å². The predicted octanol–water partition coefficient (Wildman–Crippen LogP) is 2.23. The van der Waals surface area contributed by atoms with Crippen molar-refractivity contribution >= 4 is 21.4 Å². The topological polar surface area (TPSA) is 55.4 Å². The highest BCUT2D eigenvalue weighted by atomic mass is 32.2. The molecule has 0 amide bonds. The monoisotopic (exact) mass is 315 g/mol. The summed E-state index contributed by atoms with van der Waals surface area (Å²) in [5, 5.41) is -0.375. The molecule has 1 aromatic rings. The van der Waals surface area contributed by atoms with Gasteiger partial charge in [0.1, 0.15) is 5.25 Å². The van der Waals surface area contributed by atoms with Crippen molar-refractivity contribution < 1.29 is 13.2 Å². The average molecular weight is 315 g/mol. The van der Waals surface area contributed by atoms with Gasteiger partial charge in [-0.15, -0.1) is 11.3 Å². The zero-order valence-electron chi connectivity index (χ0n) is 11.6. The lowest BCUT2D eigenvalue weighted by Gasteiger charge is -2.10. The minimum Gasteiger partial charge on any atom is -0.380 e. The molecule has 0 saturated carbocycles. The number of hydrogen-bond donors (Lipinski definition) is 1. The highest BCUT2D eigenvalue weighted by Crippen LogP contribution is 2.29. The van der Waals surface area contributed by atoms with E-state index in [0.29, 0.717) is 26.2 Å². The van der Waals surface area contributed by atoms with E-state index in [-0.39, 0.29) is 5.25 Å². The van der Waals surface area contributed by atoms with Crippen molar-refractivity contribution in [1.29, 1.82) is 0 Å². The van der Waals surface area contributed by atoms with Gasteiger partial charge in [-0.1, -0.05) is 6.42 Å². The Balaban J connectivity index is 1.63. The molecule has 1 saturated heterocycles. The molecule has 6 heteroatoms. The van der Waals surface area contributed by atoms with Crippen molar-refractivity contribution in [2.45, 2.75) is 50.3 Å². The Labute approximate surface area is 124 Å². The first kappa shape index (κ1) is 14.5. The fourth-order valence-corrected chi connectivity index (χ4v) is 5.43. The molecule has 1 N–H and O–H groups in total. The summed E-state index contributed by atoms with van der Waals surface area (Å²) in [5.41, 5.74) is 1.44. The Morgan fingerprint density at radius 2 is 2.15 bits per heavy atom. The van der Waals surface area contributed by atoms with Crippen molar-refractivity contribution in [2.75, 3.05) is 13.2 Å². The van der Waals surface area contributed by atoms with Crippen LogP contribution in [0.1, 0.15) is 41.0 Å². The zero-order valence-corrected chi connectivity index (χ0v) is 13.2. The van der Waals surface area contributed by atoms with Crippen LogP contribution in [0, 0.1) is 0 Å². The summed E-state index contributed by atoms with van der Waals surface area (Å²) in [7, 11) is -3.24. The maximum absolute atomic E-state index is 12.1. The lowest BCUT2D eigenvalue weighted by Crippen LogP contribution is -2.34. The molecular formula is C14H21NO3S2. The molecule has 0 spiro atoms. The fraction of sp³-hybridized carbons (Fsp3) is 0.714. The van der Waals surface area contributed by atoms with Crippen LogP contribution in [0.3, 0.4) is 0 Å². The quantitative estimate of drug-likeness (QED) is 0.867. The van der Waals surface area contributed by atoms with Crippen LogP contribution in [0.4, 0.5) is 0 Å². The second kappa shape index (κ2) is 6.13. The molecule has 2 aliphatic rings. The van der Waals surface area contributed by atoms with E-state index in [2.05, 4.69) is 10.8 Å². The fourth-order valence-electron chi connectivity index (χ4n) is 2.86. The number of fused-ring (bicyclic) bond motifs is 1. The average Bonchev–Trinajstić information content (AvgIpc) is 3.04. The standard InChI is InChI=1S/C14H21NO3S2/c16-20(17,13-6-7-18-10-13)15-9-12-8-11-4-2-1-3-5-14(11)19-12/h8,13,15H,1-7,9-10H2/t13-/m1/s1. The van der Waals surface area contributed by atoms with Crippen molar-refractivity contribution in [3.05, 3.63) is 21.4 Å². The number of ether oxygens (including phenoxy) is 1. The van der Waals surface area contributed by atoms with Crippen LogP contribution >= 0.6 is 11.3 Å². The minimum atomic E-state index is -3.24. The summed E-state index contributed by atoms with van der Waals surface area (Å²) < 4.78 is 32.1. The molecule has 0 radical (unpaired) electrons.